The number of rotatable bonds is 3. The number of nitrogens with zero attached hydrogens (tertiary/aromatic N) is 1. The Bertz CT molecular complexity index is 1050. The van der Waals surface area contributed by atoms with Gasteiger partial charge in [-0.25, -0.2) is 4.98 Å². The van der Waals surface area contributed by atoms with Crippen LogP contribution in [0, 0.1) is 0 Å². The van der Waals surface area contributed by atoms with Crippen LogP contribution in [0.2, 0.25) is 0 Å². The maximum Gasteiger partial charge on any atom is 0.267 e. The minimum absolute atomic E-state index is 0.229. The maximum absolute atomic E-state index is 12.0. The molecule has 0 radical (unpaired) electrons. The number of benzene rings is 2. The van der Waals surface area contributed by atoms with Crippen LogP contribution in [0.25, 0.3) is 22.6 Å². The van der Waals surface area contributed by atoms with E-state index in [0.29, 0.717) is 10.8 Å². The molecule has 0 aliphatic heterocycles. The average Bonchev–Trinajstić information content (AvgIpc) is 3.31. The zero-order valence-electron chi connectivity index (χ0n) is 13.4. The van der Waals surface area contributed by atoms with Gasteiger partial charge >= 0.3 is 0 Å². The summed E-state index contributed by atoms with van der Waals surface area (Å²) in [4.78, 5) is 17.1. The number of aromatic nitrogens is 1. The molecule has 128 valence electrons. The molecule has 4 aromatic rings. The van der Waals surface area contributed by atoms with Crippen molar-refractivity contribution < 1.29 is 9.21 Å². The molecule has 5 nitrogen and oxygen atoms in total. The van der Waals surface area contributed by atoms with Crippen LogP contribution in [0.4, 0.5) is 5.69 Å². The van der Waals surface area contributed by atoms with E-state index in [1.807, 2.05) is 60.0 Å². The lowest BCUT2D eigenvalue weighted by molar-refractivity contribution is 0.0981. The summed E-state index contributed by atoms with van der Waals surface area (Å²) in [6.07, 6.45) is 0. The Morgan fingerprint density at radius 3 is 2.77 bits per heavy atom. The van der Waals surface area contributed by atoms with Crippen LogP contribution >= 0.6 is 23.6 Å². The number of fused-ring (bicyclic) bond motifs is 1. The van der Waals surface area contributed by atoms with Gasteiger partial charge in [-0.1, -0.05) is 24.3 Å². The first-order valence-electron chi connectivity index (χ1n) is 7.81. The smallest absolute Gasteiger partial charge is 0.267 e. The lowest BCUT2D eigenvalue weighted by atomic mass is 10.2. The van der Waals surface area contributed by atoms with Crippen LogP contribution in [-0.2, 0) is 0 Å². The minimum Gasteiger partial charge on any atom is -0.436 e. The number of hydrogen-bond donors (Lipinski definition) is 2. The van der Waals surface area contributed by atoms with Crippen molar-refractivity contribution in [1.29, 1.82) is 0 Å². The Balaban J connectivity index is 1.50. The highest BCUT2D eigenvalue weighted by atomic mass is 32.1. The van der Waals surface area contributed by atoms with Gasteiger partial charge < -0.3 is 9.73 Å². The molecule has 2 N–H and O–H groups in total. The summed E-state index contributed by atoms with van der Waals surface area (Å²) in [7, 11) is 0. The van der Waals surface area contributed by atoms with Crippen LogP contribution in [0.3, 0.4) is 0 Å². The SMILES string of the molecule is O=C(NC(=S)Nc1cccc(-c2nc3ccccc3o2)c1)c1cccs1. The average molecular weight is 379 g/mol. The van der Waals surface area contributed by atoms with Gasteiger partial charge in [0.05, 0.1) is 4.88 Å². The van der Waals surface area contributed by atoms with Crippen LogP contribution < -0.4 is 10.6 Å². The lowest BCUT2D eigenvalue weighted by Gasteiger charge is -2.09. The first kappa shape index (κ1) is 16.4. The van der Waals surface area contributed by atoms with E-state index in [9.17, 15) is 4.79 Å². The van der Waals surface area contributed by atoms with E-state index in [2.05, 4.69) is 15.6 Å². The number of oxazole rings is 1. The van der Waals surface area contributed by atoms with Gasteiger partial charge in [0.25, 0.3) is 5.91 Å². The number of thiocarbonyl (C=S) groups is 1. The predicted molar refractivity (Wildman–Crippen MR) is 107 cm³/mol. The minimum atomic E-state index is -0.229. The number of anilines is 1. The van der Waals surface area contributed by atoms with E-state index >= 15 is 0 Å². The van der Waals surface area contributed by atoms with E-state index < -0.39 is 0 Å². The lowest BCUT2D eigenvalue weighted by Crippen LogP contribution is -2.33. The number of thiophene rings is 1. The molecule has 0 unspecified atom stereocenters. The fourth-order valence-corrected chi connectivity index (χ4v) is 3.29. The second-order valence-electron chi connectivity index (χ2n) is 5.45. The monoisotopic (exact) mass is 379 g/mol. The third-order valence-corrected chi connectivity index (χ3v) is 4.71. The molecule has 2 aromatic heterocycles. The molecule has 0 aliphatic rings. The summed E-state index contributed by atoms with van der Waals surface area (Å²) in [5.41, 5.74) is 3.10. The number of nitrogens with one attached hydrogen (secondary N) is 2. The molecule has 0 fully saturated rings. The molecule has 4 rings (SSSR count). The van der Waals surface area contributed by atoms with Gasteiger partial charge in [-0.05, 0) is 54.0 Å². The molecule has 2 heterocycles. The van der Waals surface area contributed by atoms with Crippen molar-refractivity contribution in [3.63, 3.8) is 0 Å². The Hall–Kier alpha value is -3.03. The van der Waals surface area contributed by atoms with E-state index in [4.69, 9.17) is 16.6 Å². The van der Waals surface area contributed by atoms with Crippen LogP contribution in [0.15, 0.2) is 70.5 Å². The van der Waals surface area contributed by atoms with E-state index in [-0.39, 0.29) is 11.0 Å². The molecule has 2 aromatic carbocycles. The predicted octanol–water partition coefficient (Wildman–Crippen LogP) is 4.68. The summed E-state index contributed by atoms with van der Waals surface area (Å²) in [5, 5.41) is 7.75. The van der Waals surface area contributed by atoms with E-state index in [0.717, 1.165) is 22.4 Å². The Kier molecular flexibility index (Phi) is 4.47. The first-order chi connectivity index (χ1) is 12.7. The normalized spacial score (nSPS) is 10.6. The van der Waals surface area contributed by atoms with Crippen LogP contribution in [0.1, 0.15) is 9.67 Å². The number of amides is 1. The molecular weight excluding hydrogens is 366 g/mol. The second-order valence-corrected chi connectivity index (χ2v) is 6.81. The van der Waals surface area contributed by atoms with E-state index in [1.165, 1.54) is 11.3 Å². The topological polar surface area (TPSA) is 67.2 Å². The zero-order chi connectivity index (χ0) is 17.9. The van der Waals surface area contributed by atoms with Gasteiger partial charge in [-0.2, -0.15) is 0 Å². The van der Waals surface area contributed by atoms with Gasteiger partial charge in [-0.3, -0.25) is 10.1 Å². The van der Waals surface area contributed by atoms with Crippen molar-refractivity contribution >= 4 is 51.4 Å². The van der Waals surface area contributed by atoms with Crippen molar-refractivity contribution in [3.8, 4) is 11.5 Å². The first-order valence-corrected chi connectivity index (χ1v) is 9.10. The molecule has 0 atom stereocenters. The number of hydrogen-bond acceptors (Lipinski definition) is 5. The molecule has 1 amide bonds. The highest BCUT2D eigenvalue weighted by Crippen LogP contribution is 2.26. The molecule has 0 saturated heterocycles. The second kappa shape index (κ2) is 7.07. The largest absolute Gasteiger partial charge is 0.436 e. The molecule has 0 saturated carbocycles. The Labute approximate surface area is 158 Å². The third-order valence-electron chi connectivity index (χ3n) is 3.63. The molecule has 0 aliphatic carbocycles. The van der Waals surface area contributed by atoms with Crippen molar-refractivity contribution in [2.75, 3.05) is 5.32 Å². The Morgan fingerprint density at radius 1 is 1.08 bits per heavy atom. The number of para-hydroxylation sites is 2. The van der Waals surface area contributed by atoms with Crippen LogP contribution in [0.5, 0.6) is 0 Å². The fourth-order valence-electron chi connectivity index (χ4n) is 2.46. The fraction of sp³-hybridized carbons (Fsp3) is 0. The maximum atomic E-state index is 12.0. The third kappa shape index (κ3) is 3.49. The quantitative estimate of drug-likeness (QED) is 0.506. The van der Waals surface area contributed by atoms with Gasteiger partial charge in [0.2, 0.25) is 5.89 Å². The number of carbonyl (C=O) groups excluding carboxylic acids is 1. The highest BCUT2D eigenvalue weighted by molar-refractivity contribution is 7.80. The van der Waals surface area contributed by atoms with E-state index in [1.54, 1.807) is 6.07 Å². The van der Waals surface area contributed by atoms with Crippen molar-refractivity contribution in [1.82, 2.24) is 10.3 Å². The van der Waals surface area contributed by atoms with Crippen LogP contribution in [-0.4, -0.2) is 16.0 Å². The highest BCUT2D eigenvalue weighted by Gasteiger charge is 2.11. The summed E-state index contributed by atoms with van der Waals surface area (Å²) in [6.45, 7) is 0. The summed E-state index contributed by atoms with van der Waals surface area (Å²) in [5.74, 6) is 0.302. The molecule has 0 bridgehead atoms. The standard InChI is InChI=1S/C19H13N3O2S2/c23-17(16-9-4-10-26-16)22-19(25)20-13-6-3-5-12(11-13)18-21-14-7-1-2-8-15(14)24-18/h1-11H,(H2,20,22,23,25). The summed E-state index contributed by atoms with van der Waals surface area (Å²) < 4.78 is 5.79. The van der Waals surface area contributed by atoms with Crippen molar-refractivity contribution in [3.05, 3.63) is 70.9 Å². The molecule has 7 heteroatoms. The Morgan fingerprint density at radius 2 is 1.96 bits per heavy atom. The molecule has 26 heavy (non-hydrogen) atoms. The summed E-state index contributed by atoms with van der Waals surface area (Å²) >= 11 is 6.58. The summed E-state index contributed by atoms with van der Waals surface area (Å²) in [6, 6.07) is 18.7. The zero-order valence-corrected chi connectivity index (χ0v) is 15.1. The van der Waals surface area contributed by atoms with Gasteiger partial charge in [0, 0.05) is 11.3 Å². The van der Waals surface area contributed by atoms with Gasteiger partial charge in [-0.15, -0.1) is 11.3 Å². The van der Waals surface area contributed by atoms with Gasteiger partial charge in [0.15, 0.2) is 10.7 Å². The number of carbonyl (C=O) groups is 1. The van der Waals surface area contributed by atoms with Crippen molar-refractivity contribution in [2.45, 2.75) is 0 Å². The molecule has 0 spiro atoms. The molecular formula is C19H13N3O2S2. The van der Waals surface area contributed by atoms with Gasteiger partial charge in [0.1, 0.15) is 5.52 Å². The van der Waals surface area contributed by atoms with Crippen molar-refractivity contribution in [2.24, 2.45) is 0 Å².